The molecule has 5 heteroatoms. The predicted octanol–water partition coefficient (Wildman–Crippen LogP) is 3.50. The number of nitrogens with one attached hydrogen (secondary N) is 1. The third-order valence-corrected chi connectivity index (χ3v) is 5.39. The van der Waals surface area contributed by atoms with Gasteiger partial charge in [-0.05, 0) is 58.8 Å². The van der Waals surface area contributed by atoms with Crippen LogP contribution in [0.1, 0.15) is 48.8 Å². The van der Waals surface area contributed by atoms with Gasteiger partial charge in [0.15, 0.2) is 0 Å². The van der Waals surface area contributed by atoms with Crippen LogP contribution in [0, 0.1) is 0 Å². The number of likely N-dealkylation sites (tertiary alicyclic amines) is 1. The van der Waals surface area contributed by atoms with E-state index in [-0.39, 0.29) is 5.91 Å². The van der Waals surface area contributed by atoms with Crippen LogP contribution in [0.4, 0.5) is 0 Å². The van der Waals surface area contributed by atoms with Gasteiger partial charge in [-0.25, -0.2) is 0 Å². The van der Waals surface area contributed by atoms with Crippen molar-refractivity contribution in [1.29, 1.82) is 0 Å². The molecule has 22 heavy (non-hydrogen) atoms. The summed E-state index contributed by atoms with van der Waals surface area (Å²) in [7, 11) is 0. The molecule has 1 aliphatic heterocycles. The van der Waals surface area contributed by atoms with Crippen LogP contribution in [-0.2, 0) is 0 Å². The first-order valence-corrected chi connectivity index (χ1v) is 9.07. The summed E-state index contributed by atoms with van der Waals surface area (Å²) in [6.45, 7) is 8.65. The molecule has 1 saturated heterocycles. The maximum Gasteiger partial charge on any atom is 0.261 e. The topological polar surface area (TPSA) is 37.3 Å². The first-order valence-electron chi connectivity index (χ1n) is 8.25. The smallest absolute Gasteiger partial charge is 0.261 e. The molecule has 2 aromatic rings. The molecule has 0 bridgehead atoms. The fourth-order valence-electron chi connectivity index (χ4n) is 2.96. The second kappa shape index (κ2) is 6.84. The zero-order valence-corrected chi connectivity index (χ0v) is 14.3. The third kappa shape index (κ3) is 3.52. The van der Waals surface area contributed by atoms with Gasteiger partial charge in [-0.15, -0.1) is 11.3 Å². The summed E-state index contributed by atoms with van der Waals surface area (Å²) in [5, 5.41) is 4.22. The van der Waals surface area contributed by atoms with Gasteiger partial charge < -0.3 is 14.8 Å². The molecular formula is C17H25N3OS. The van der Waals surface area contributed by atoms with E-state index in [1.165, 1.54) is 36.0 Å². The molecule has 0 unspecified atom stereocenters. The van der Waals surface area contributed by atoms with E-state index >= 15 is 0 Å². The number of hydrogen-bond donors (Lipinski definition) is 1. The highest BCUT2D eigenvalue weighted by Crippen LogP contribution is 2.27. The largest absolute Gasteiger partial charge is 0.351 e. The highest BCUT2D eigenvalue weighted by atomic mass is 32.1. The van der Waals surface area contributed by atoms with Gasteiger partial charge in [0.1, 0.15) is 0 Å². The Hall–Kier alpha value is -1.33. The van der Waals surface area contributed by atoms with E-state index in [1.54, 1.807) is 11.3 Å². The minimum absolute atomic E-state index is 0.0683. The Balaban J connectivity index is 1.50. The summed E-state index contributed by atoms with van der Waals surface area (Å²) in [5.74, 6) is 0.0683. The molecule has 0 aliphatic carbocycles. The quantitative estimate of drug-likeness (QED) is 0.828. The van der Waals surface area contributed by atoms with Crippen molar-refractivity contribution in [1.82, 2.24) is 14.8 Å². The molecule has 3 rings (SSSR count). The Morgan fingerprint density at radius 2 is 2.09 bits per heavy atom. The lowest BCUT2D eigenvalue weighted by molar-refractivity contribution is 0.0956. The van der Waals surface area contributed by atoms with Crippen LogP contribution >= 0.6 is 11.3 Å². The number of thiophene rings is 1. The zero-order chi connectivity index (χ0) is 15.5. The van der Waals surface area contributed by atoms with Crippen molar-refractivity contribution < 1.29 is 4.79 Å². The van der Waals surface area contributed by atoms with Crippen LogP contribution in [0.2, 0.25) is 0 Å². The number of nitrogens with zero attached hydrogens (tertiary/aromatic N) is 2. The molecule has 0 saturated carbocycles. The van der Waals surface area contributed by atoms with Crippen LogP contribution in [0.25, 0.3) is 10.1 Å². The SMILES string of the molecule is CC(C)n1cc2cc(C(=O)NCCCN3CCCC3)sc2c1. The summed E-state index contributed by atoms with van der Waals surface area (Å²) in [5.41, 5.74) is 0. The summed E-state index contributed by atoms with van der Waals surface area (Å²) < 4.78 is 3.38. The molecule has 1 amide bonds. The molecule has 3 heterocycles. The number of aromatic nitrogens is 1. The average Bonchev–Trinajstić information content (AvgIpc) is 3.17. The van der Waals surface area contributed by atoms with E-state index in [9.17, 15) is 4.79 Å². The predicted molar refractivity (Wildman–Crippen MR) is 92.8 cm³/mol. The third-order valence-electron chi connectivity index (χ3n) is 4.30. The lowest BCUT2D eigenvalue weighted by Crippen LogP contribution is -2.28. The van der Waals surface area contributed by atoms with Crippen molar-refractivity contribution >= 4 is 27.3 Å². The molecule has 0 radical (unpaired) electrons. The highest BCUT2D eigenvalue weighted by molar-refractivity contribution is 7.20. The number of carbonyl (C=O) groups excluding carboxylic acids is 1. The van der Waals surface area contributed by atoms with E-state index < -0.39 is 0 Å². The van der Waals surface area contributed by atoms with Gasteiger partial charge in [-0.2, -0.15) is 0 Å². The first-order chi connectivity index (χ1) is 10.6. The maximum absolute atomic E-state index is 12.2. The summed E-state index contributed by atoms with van der Waals surface area (Å²) in [6.07, 6.45) is 7.95. The molecule has 4 nitrogen and oxygen atoms in total. The Morgan fingerprint density at radius 3 is 2.77 bits per heavy atom. The second-order valence-corrected chi connectivity index (χ2v) is 7.47. The van der Waals surface area contributed by atoms with Gasteiger partial charge in [0, 0.05) is 30.4 Å². The summed E-state index contributed by atoms with van der Waals surface area (Å²) in [4.78, 5) is 15.5. The normalized spacial score (nSPS) is 16.0. The van der Waals surface area contributed by atoms with Crippen LogP contribution < -0.4 is 5.32 Å². The van der Waals surface area contributed by atoms with Crippen LogP contribution in [-0.4, -0.2) is 41.6 Å². The van der Waals surface area contributed by atoms with E-state index in [0.717, 1.165) is 24.4 Å². The molecule has 0 spiro atoms. The maximum atomic E-state index is 12.2. The Bertz CT molecular complexity index is 606. The lowest BCUT2D eigenvalue weighted by atomic mass is 10.3. The molecule has 0 aromatic carbocycles. The molecule has 1 N–H and O–H groups in total. The number of fused-ring (bicyclic) bond motifs is 1. The minimum atomic E-state index is 0.0683. The highest BCUT2D eigenvalue weighted by Gasteiger charge is 2.13. The van der Waals surface area contributed by atoms with Gasteiger partial charge in [0.05, 0.1) is 9.58 Å². The van der Waals surface area contributed by atoms with Crippen molar-refractivity contribution in [2.24, 2.45) is 0 Å². The Kier molecular flexibility index (Phi) is 4.84. The molecular weight excluding hydrogens is 294 g/mol. The van der Waals surface area contributed by atoms with Crippen molar-refractivity contribution in [3.05, 3.63) is 23.3 Å². The van der Waals surface area contributed by atoms with E-state index in [2.05, 4.69) is 41.0 Å². The molecule has 1 aliphatic rings. The molecule has 0 atom stereocenters. The zero-order valence-electron chi connectivity index (χ0n) is 13.5. The fourth-order valence-corrected chi connectivity index (χ4v) is 3.95. The van der Waals surface area contributed by atoms with E-state index in [1.807, 2.05) is 6.07 Å². The van der Waals surface area contributed by atoms with Crippen molar-refractivity contribution in [2.75, 3.05) is 26.2 Å². The standard InChI is InChI=1S/C17H25N3OS/c1-13(2)20-11-14-10-15(22-16(14)12-20)17(21)18-6-5-9-19-7-3-4-8-19/h10-13H,3-9H2,1-2H3,(H,18,21). The van der Waals surface area contributed by atoms with Gasteiger partial charge in [-0.3, -0.25) is 4.79 Å². The molecule has 120 valence electrons. The Morgan fingerprint density at radius 1 is 1.32 bits per heavy atom. The number of amides is 1. The fraction of sp³-hybridized carbons (Fsp3) is 0.588. The second-order valence-electron chi connectivity index (χ2n) is 6.39. The summed E-state index contributed by atoms with van der Waals surface area (Å²) >= 11 is 1.58. The van der Waals surface area contributed by atoms with Crippen molar-refractivity contribution in [3.8, 4) is 0 Å². The minimum Gasteiger partial charge on any atom is -0.351 e. The van der Waals surface area contributed by atoms with Gasteiger partial charge in [0.25, 0.3) is 5.91 Å². The molecule has 1 fully saturated rings. The first kappa shape index (κ1) is 15.6. The number of rotatable bonds is 6. The van der Waals surface area contributed by atoms with Crippen molar-refractivity contribution in [2.45, 2.75) is 39.2 Å². The van der Waals surface area contributed by atoms with Gasteiger partial charge >= 0.3 is 0 Å². The van der Waals surface area contributed by atoms with Gasteiger partial charge in [0.2, 0.25) is 0 Å². The number of hydrogen-bond acceptors (Lipinski definition) is 3. The van der Waals surface area contributed by atoms with Crippen molar-refractivity contribution in [3.63, 3.8) is 0 Å². The monoisotopic (exact) mass is 319 g/mol. The number of carbonyl (C=O) groups is 1. The van der Waals surface area contributed by atoms with E-state index in [4.69, 9.17) is 0 Å². The lowest BCUT2D eigenvalue weighted by Gasteiger charge is -2.14. The molecule has 2 aromatic heterocycles. The summed E-state index contributed by atoms with van der Waals surface area (Å²) in [6, 6.07) is 2.47. The average molecular weight is 319 g/mol. The Labute approximate surface area is 136 Å². The van der Waals surface area contributed by atoms with Crippen LogP contribution in [0.5, 0.6) is 0 Å². The van der Waals surface area contributed by atoms with E-state index in [0.29, 0.717) is 6.04 Å². The van der Waals surface area contributed by atoms with Crippen LogP contribution in [0.3, 0.4) is 0 Å². The van der Waals surface area contributed by atoms with Crippen LogP contribution in [0.15, 0.2) is 18.5 Å². The van der Waals surface area contributed by atoms with Gasteiger partial charge in [-0.1, -0.05) is 0 Å².